The summed E-state index contributed by atoms with van der Waals surface area (Å²) in [6.45, 7) is 0. The molecule has 0 atom stereocenters. The summed E-state index contributed by atoms with van der Waals surface area (Å²) in [6, 6.07) is 4.26. The summed E-state index contributed by atoms with van der Waals surface area (Å²) in [4.78, 5) is 24.2. The molecule has 5 N–H and O–H groups in total. The molecular weight excluding hydrogens is 276 g/mol. The lowest BCUT2D eigenvalue weighted by Gasteiger charge is -2.01. The average molecular weight is 286 g/mol. The first-order valence-electron chi connectivity index (χ1n) is 5.88. The number of nitrogens with one attached hydrogen (secondary N) is 3. The van der Waals surface area contributed by atoms with Gasteiger partial charge in [0.1, 0.15) is 5.52 Å². The number of hydrazone groups is 1. The Morgan fingerprint density at radius 3 is 2.95 bits per heavy atom. The number of phenols is 2. The van der Waals surface area contributed by atoms with E-state index in [1.807, 2.05) is 0 Å². The number of imidazole rings is 1. The summed E-state index contributed by atoms with van der Waals surface area (Å²) in [5, 5.41) is 22.5. The molecule has 3 rings (SSSR count). The lowest BCUT2D eigenvalue weighted by Crippen LogP contribution is -2.12. The summed E-state index contributed by atoms with van der Waals surface area (Å²) < 4.78 is 0. The average Bonchev–Trinajstić information content (AvgIpc) is 2.91. The topological polar surface area (TPSA) is 139 Å². The number of H-pyrrole nitrogens is 2. The Kier molecular flexibility index (Phi) is 2.99. The maximum absolute atomic E-state index is 11.3. The molecule has 0 radical (unpaired) electrons. The van der Waals surface area contributed by atoms with Gasteiger partial charge < -0.3 is 15.2 Å². The van der Waals surface area contributed by atoms with Gasteiger partial charge >= 0.3 is 5.69 Å². The standard InChI is InChI=1S/C12H10N6O3/c19-7-2-1-6(3-8(7)20)4-15-18-11-9-10(14-5-13-9)16-12(21)17-11/h1-5,19-20H,(H3,13,14,16,17,18,21)/b15-4+. The maximum Gasteiger partial charge on any atom is 0.348 e. The second-order valence-electron chi connectivity index (χ2n) is 4.14. The van der Waals surface area contributed by atoms with E-state index in [0.717, 1.165) is 0 Å². The fourth-order valence-corrected chi connectivity index (χ4v) is 1.73. The third-order valence-corrected chi connectivity index (χ3v) is 2.70. The summed E-state index contributed by atoms with van der Waals surface area (Å²) in [5.41, 5.74) is 3.46. The van der Waals surface area contributed by atoms with Gasteiger partial charge in [-0.15, -0.1) is 0 Å². The van der Waals surface area contributed by atoms with Crippen LogP contribution in [-0.2, 0) is 0 Å². The number of aromatic nitrogens is 4. The van der Waals surface area contributed by atoms with Crippen LogP contribution in [-0.4, -0.2) is 36.4 Å². The third-order valence-electron chi connectivity index (χ3n) is 2.70. The van der Waals surface area contributed by atoms with E-state index < -0.39 is 5.69 Å². The van der Waals surface area contributed by atoms with Crippen molar-refractivity contribution < 1.29 is 10.2 Å². The van der Waals surface area contributed by atoms with Crippen molar-refractivity contribution in [3.05, 3.63) is 40.6 Å². The number of fused-ring (bicyclic) bond motifs is 1. The van der Waals surface area contributed by atoms with Crippen molar-refractivity contribution in [1.82, 2.24) is 19.9 Å². The Morgan fingerprint density at radius 1 is 1.29 bits per heavy atom. The van der Waals surface area contributed by atoms with Gasteiger partial charge in [-0.1, -0.05) is 0 Å². The third kappa shape index (κ3) is 2.52. The van der Waals surface area contributed by atoms with Crippen molar-refractivity contribution in [3.63, 3.8) is 0 Å². The molecule has 0 fully saturated rings. The number of rotatable bonds is 3. The van der Waals surface area contributed by atoms with Gasteiger partial charge in [-0.3, -0.25) is 10.4 Å². The van der Waals surface area contributed by atoms with E-state index >= 15 is 0 Å². The molecule has 0 aliphatic rings. The minimum atomic E-state index is -0.547. The zero-order chi connectivity index (χ0) is 14.8. The Labute approximate surface area is 117 Å². The molecule has 9 heteroatoms. The number of hydrogen-bond acceptors (Lipinski definition) is 7. The molecule has 0 bridgehead atoms. The molecule has 0 unspecified atom stereocenters. The van der Waals surface area contributed by atoms with Gasteiger partial charge in [-0.05, 0) is 23.8 Å². The van der Waals surface area contributed by atoms with Gasteiger partial charge in [0.15, 0.2) is 23.0 Å². The van der Waals surface area contributed by atoms with Gasteiger partial charge in [-0.25, -0.2) is 9.78 Å². The monoisotopic (exact) mass is 286 g/mol. The van der Waals surface area contributed by atoms with Crippen LogP contribution in [0.4, 0.5) is 5.82 Å². The molecule has 0 saturated heterocycles. The van der Waals surface area contributed by atoms with Crippen LogP contribution >= 0.6 is 0 Å². The highest BCUT2D eigenvalue weighted by Gasteiger charge is 2.05. The maximum atomic E-state index is 11.3. The number of benzene rings is 1. The fraction of sp³-hybridized carbons (Fsp3) is 0. The first-order chi connectivity index (χ1) is 10.1. The molecule has 0 aliphatic heterocycles. The van der Waals surface area contributed by atoms with E-state index in [2.05, 4.69) is 30.5 Å². The van der Waals surface area contributed by atoms with Crippen LogP contribution < -0.4 is 11.1 Å². The molecule has 106 valence electrons. The van der Waals surface area contributed by atoms with Gasteiger partial charge in [0, 0.05) is 0 Å². The number of nitrogens with zero attached hydrogens (tertiary/aromatic N) is 3. The number of aromatic hydroxyl groups is 2. The van der Waals surface area contributed by atoms with Crippen LogP contribution in [0.1, 0.15) is 5.56 Å². The van der Waals surface area contributed by atoms with Crippen molar-refractivity contribution in [3.8, 4) is 11.5 Å². The summed E-state index contributed by atoms with van der Waals surface area (Å²) in [7, 11) is 0. The van der Waals surface area contributed by atoms with E-state index in [1.54, 1.807) is 6.07 Å². The highest BCUT2D eigenvalue weighted by Crippen LogP contribution is 2.24. The molecule has 0 amide bonds. The Bertz CT molecular complexity index is 882. The second kappa shape index (κ2) is 4.96. The van der Waals surface area contributed by atoms with Crippen molar-refractivity contribution in [2.75, 3.05) is 5.43 Å². The molecule has 9 nitrogen and oxygen atoms in total. The van der Waals surface area contributed by atoms with E-state index in [1.165, 1.54) is 24.7 Å². The first kappa shape index (κ1) is 12.7. The Morgan fingerprint density at radius 2 is 2.14 bits per heavy atom. The van der Waals surface area contributed by atoms with Crippen molar-refractivity contribution in [2.45, 2.75) is 0 Å². The van der Waals surface area contributed by atoms with Crippen LogP contribution in [0, 0.1) is 0 Å². The van der Waals surface area contributed by atoms with E-state index in [9.17, 15) is 15.0 Å². The van der Waals surface area contributed by atoms with Gasteiger partial charge in [0.25, 0.3) is 0 Å². The number of anilines is 1. The molecule has 0 spiro atoms. The van der Waals surface area contributed by atoms with Crippen molar-refractivity contribution in [2.24, 2.45) is 5.10 Å². The van der Waals surface area contributed by atoms with Crippen LogP contribution in [0.5, 0.6) is 11.5 Å². The highest BCUT2D eigenvalue weighted by atomic mass is 16.3. The molecule has 21 heavy (non-hydrogen) atoms. The van der Waals surface area contributed by atoms with Crippen LogP contribution in [0.2, 0.25) is 0 Å². The lowest BCUT2D eigenvalue weighted by molar-refractivity contribution is 0.403. The first-order valence-corrected chi connectivity index (χ1v) is 5.88. The van der Waals surface area contributed by atoms with Gasteiger partial charge in [0.05, 0.1) is 12.5 Å². The number of aromatic amines is 2. The van der Waals surface area contributed by atoms with Crippen molar-refractivity contribution in [1.29, 1.82) is 0 Å². The molecule has 2 heterocycles. The molecule has 2 aromatic heterocycles. The molecule has 0 aliphatic carbocycles. The predicted molar refractivity (Wildman–Crippen MR) is 75.5 cm³/mol. The summed E-state index contributed by atoms with van der Waals surface area (Å²) in [5.74, 6) is -0.133. The van der Waals surface area contributed by atoms with Crippen LogP contribution in [0.25, 0.3) is 11.2 Å². The van der Waals surface area contributed by atoms with Crippen LogP contribution in [0.15, 0.2) is 34.4 Å². The zero-order valence-electron chi connectivity index (χ0n) is 10.5. The van der Waals surface area contributed by atoms with Gasteiger partial charge in [-0.2, -0.15) is 10.1 Å². The summed E-state index contributed by atoms with van der Waals surface area (Å²) in [6.07, 6.45) is 2.83. The van der Waals surface area contributed by atoms with E-state index in [-0.39, 0.29) is 17.1 Å². The normalized spacial score (nSPS) is 11.2. The molecule has 1 aromatic carbocycles. The largest absolute Gasteiger partial charge is 0.504 e. The van der Waals surface area contributed by atoms with Crippen LogP contribution in [0.3, 0.4) is 0 Å². The SMILES string of the molecule is O=c1nc2nc[nH]c2c(N/N=C/c2ccc(O)c(O)c2)[nH]1. The summed E-state index contributed by atoms with van der Waals surface area (Å²) >= 11 is 0. The molecular formula is C12H10N6O3. The minimum Gasteiger partial charge on any atom is -0.504 e. The van der Waals surface area contributed by atoms with Gasteiger partial charge in [0.2, 0.25) is 0 Å². The number of phenolic OH excluding ortho intramolecular Hbond substituents is 2. The Hall–Kier alpha value is -3.36. The minimum absolute atomic E-state index is 0.210. The smallest absolute Gasteiger partial charge is 0.348 e. The second-order valence-corrected chi connectivity index (χ2v) is 4.14. The molecule has 3 aromatic rings. The van der Waals surface area contributed by atoms with E-state index in [0.29, 0.717) is 16.9 Å². The quantitative estimate of drug-likeness (QED) is 0.270. The lowest BCUT2D eigenvalue weighted by atomic mass is 10.2. The fourth-order valence-electron chi connectivity index (χ4n) is 1.73. The Balaban J connectivity index is 1.85. The molecule has 0 saturated carbocycles. The van der Waals surface area contributed by atoms with Crippen molar-refractivity contribution >= 4 is 23.2 Å². The zero-order valence-corrected chi connectivity index (χ0v) is 10.5. The highest BCUT2D eigenvalue weighted by molar-refractivity contribution is 5.84. The van der Waals surface area contributed by atoms with E-state index in [4.69, 9.17) is 0 Å². The number of hydrogen-bond donors (Lipinski definition) is 5. The predicted octanol–water partition coefficient (Wildman–Crippen LogP) is 0.503.